The van der Waals surface area contributed by atoms with E-state index in [0.29, 0.717) is 22.3 Å². The molecule has 0 saturated heterocycles. The Hall–Kier alpha value is -6.60. The van der Waals surface area contributed by atoms with Gasteiger partial charge >= 0.3 is 0 Å². The topological polar surface area (TPSA) is 59.9 Å². The highest BCUT2D eigenvalue weighted by atomic mass is 32.1. The summed E-state index contributed by atoms with van der Waals surface area (Å²) in [4.78, 5) is 37.8. The van der Waals surface area contributed by atoms with Crippen LogP contribution in [0, 0.1) is 0 Å². The standard InChI is InChI=1S/C48H26N2O2S2/c51-45-36-22-18-30(28-16-20-34-32(24-28)8-6-10-38(34)48-50-42-12-2-4-14-44(42)54-48)26-40(36)46(52)35-21-17-29(25-39(35)45)27-15-19-33-31(23-27)7-5-9-37(33)47-49-41-11-1-3-13-43(41)53-47/h1-26H. The van der Waals surface area contributed by atoms with Crippen LogP contribution in [0.2, 0.25) is 0 Å². The Kier molecular flexibility index (Phi) is 6.86. The number of hydrogen-bond donors (Lipinski definition) is 0. The molecule has 10 aromatic rings. The maximum Gasteiger partial charge on any atom is 0.194 e. The number of hydrogen-bond acceptors (Lipinski definition) is 6. The summed E-state index contributed by atoms with van der Waals surface area (Å²) in [6, 6.07) is 53.0. The number of para-hydroxylation sites is 2. The molecule has 0 radical (unpaired) electrons. The van der Waals surface area contributed by atoms with Gasteiger partial charge in [0.2, 0.25) is 0 Å². The van der Waals surface area contributed by atoms with Crippen molar-refractivity contribution in [3.05, 3.63) is 180 Å². The second-order valence-electron chi connectivity index (χ2n) is 13.6. The van der Waals surface area contributed by atoms with Crippen molar-refractivity contribution in [2.24, 2.45) is 0 Å². The molecule has 0 bridgehead atoms. The van der Waals surface area contributed by atoms with Crippen LogP contribution in [0.1, 0.15) is 31.8 Å². The summed E-state index contributed by atoms with van der Waals surface area (Å²) in [7, 11) is 0. The first-order chi connectivity index (χ1) is 26.6. The molecule has 1 aliphatic rings. The average molecular weight is 727 g/mol. The van der Waals surface area contributed by atoms with Crippen LogP contribution in [0.3, 0.4) is 0 Å². The highest BCUT2D eigenvalue weighted by molar-refractivity contribution is 7.22. The number of nitrogens with zero attached hydrogens (tertiary/aromatic N) is 2. The molecule has 0 saturated carbocycles. The first kappa shape index (κ1) is 31.0. The van der Waals surface area contributed by atoms with E-state index in [0.717, 1.165) is 85.4 Å². The lowest BCUT2D eigenvalue weighted by molar-refractivity contribution is 0.0979. The van der Waals surface area contributed by atoms with Gasteiger partial charge in [-0.3, -0.25) is 9.59 Å². The normalized spacial score (nSPS) is 12.5. The Morgan fingerprint density at radius 2 is 0.778 bits per heavy atom. The Balaban J connectivity index is 0.916. The van der Waals surface area contributed by atoms with Gasteiger partial charge in [0.25, 0.3) is 0 Å². The Morgan fingerprint density at radius 3 is 1.24 bits per heavy atom. The van der Waals surface area contributed by atoms with E-state index < -0.39 is 0 Å². The highest BCUT2D eigenvalue weighted by Gasteiger charge is 2.30. The molecule has 54 heavy (non-hydrogen) atoms. The van der Waals surface area contributed by atoms with Crippen LogP contribution < -0.4 is 0 Å². The van der Waals surface area contributed by atoms with E-state index in [1.807, 2.05) is 72.8 Å². The first-order valence-electron chi connectivity index (χ1n) is 17.7. The van der Waals surface area contributed by atoms with Crippen molar-refractivity contribution >= 4 is 76.2 Å². The molecule has 11 rings (SSSR count). The number of fused-ring (bicyclic) bond motifs is 6. The number of aromatic nitrogens is 2. The van der Waals surface area contributed by atoms with Crippen LogP contribution in [0.15, 0.2) is 158 Å². The van der Waals surface area contributed by atoms with E-state index >= 15 is 0 Å². The van der Waals surface area contributed by atoms with Gasteiger partial charge in [0, 0.05) is 33.4 Å². The number of thiazole rings is 2. The zero-order chi connectivity index (χ0) is 35.9. The molecule has 0 amide bonds. The quantitative estimate of drug-likeness (QED) is 0.181. The van der Waals surface area contributed by atoms with Crippen molar-refractivity contribution in [1.82, 2.24) is 9.97 Å². The SMILES string of the molecule is O=C1c2ccc(-c3ccc4c(-c5nc6ccccc6s5)cccc4c3)cc2C(=O)c2ccc(-c3ccc4c(-c5nc6ccccc6s5)cccc4c3)cc21. The molecular formula is C48H26N2O2S2. The zero-order valence-electron chi connectivity index (χ0n) is 28.5. The van der Waals surface area contributed by atoms with E-state index in [2.05, 4.69) is 84.9 Å². The summed E-state index contributed by atoms with van der Waals surface area (Å²) in [6.45, 7) is 0. The Labute approximate surface area is 317 Å². The van der Waals surface area contributed by atoms with Gasteiger partial charge < -0.3 is 0 Å². The molecule has 0 unspecified atom stereocenters. The van der Waals surface area contributed by atoms with Gasteiger partial charge in [0.05, 0.1) is 20.4 Å². The van der Waals surface area contributed by atoms with Gasteiger partial charge in [-0.25, -0.2) is 9.97 Å². The third-order valence-corrected chi connectivity index (χ3v) is 12.6. The summed E-state index contributed by atoms with van der Waals surface area (Å²) in [5.74, 6) is -0.267. The summed E-state index contributed by atoms with van der Waals surface area (Å²) in [5.41, 5.74) is 9.70. The summed E-state index contributed by atoms with van der Waals surface area (Å²) in [6.07, 6.45) is 0. The monoisotopic (exact) mass is 726 g/mol. The van der Waals surface area contributed by atoms with Crippen LogP contribution in [0.4, 0.5) is 0 Å². The Morgan fingerprint density at radius 1 is 0.352 bits per heavy atom. The minimum Gasteiger partial charge on any atom is -0.289 e. The maximum atomic E-state index is 14.0. The molecule has 0 fully saturated rings. The smallest absolute Gasteiger partial charge is 0.194 e. The lowest BCUT2D eigenvalue weighted by atomic mass is 9.81. The van der Waals surface area contributed by atoms with Gasteiger partial charge in [0.1, 0.15) is 10.0 Å². The molecule has 2 aromatic heterocycles. The van der Waals surface area contributed by atoms with E-state index in [9.17, 15) is 9.59 Å². The average Bonchev–Trinajstić information content (AvgIpc) is 3.86. The van der Waals surface area contributed by atoms with Crippen molar-refractivity contribution < 1.29 is 9.59 Å². The van der Waals surface area contributed by atoms with Crippen molar-refractivity contribution in [2.75, 3.05) is 0 Å². The van der Waals surface area contributed by atoms with Gasteiger partial charge in [-0.2, -0.15) is 0 Å². The number of carbonyl (C=O) groups excluding carboxylic acids is 2. The van der Waals surface area contributed by atoms with E-state index in [1.165, 1.54) is 0 Å². The van der Waals surface area contributed by atoms with Crippen molar-refractivity contribution in [2.45, 2.75) is 0 Å². The maximum absolute atomic E-state index is 14.0. The van der Waals surface area contributed by atoms with Gasteiger partial charge in [-0.1, -0.05) is 97.1 Å². The van der Waals surface area contributed by atoms with Crippen LogP contribution >= 0.6 is 22.7 Å². The zero-order valence-corrected chi connectivity index (χ0v) is 30.2. The molecule has 8 aromatic carbocycles. The third kappa shape index (κ3) is 4.88. The summed E-state index contributed by atoms with van der Waals surface area (Å²) >= 11 is 3.39. The van der Waals surface area contributed by atoms with Gasteiger partial charge in [-0.15, -0.1) is 22.7 Å². The van der Waals surface area contributed by atoms with Crippen LogP contribution in [0.25, 0.3) is 85.4 Å². The lowest BCUT2D eigenvalue weighted by Gasteiger charge is -2.19. The summed E-state index contributed by atoms with van der Waals surface area (Å²) < 4.78 is 2.33. The van der Waals surface area contributed by atoms with Crippen molar-refractivity contribution in [3.63, 3.8) is 0 Å². The minimum atomic E-state index is -0.133. The fourth-order valence-electron chi connectivity index (χ4n) is 7.78. The molecule has 2 heterocycles. The molecule has 6 heteroatoms. The molecule has 0 N–H and O–H groups in total. The third-order valence-electron chi connectivity index (χ3n) is 10.5. The van der Waals surface area contributed by atoms with Crippen LogP contribution in [-0.2, 0) is 0 Å². The largest absolute Gasteiger partial charge is 0.289 e. The highest BCUT2D eigenvalue weighted by Crippen LogP contribution is 2.39. The molecule has 0 atom stereocenters. The predicted octanol–water partition coefficient (Wildman–Crippen LogP) is 12.7. The van der Waals surface area contributed by atoms with Gasteiger partial charge in [0.15, 0.2) is 11.6 Å². The molecule has 1 aliphatic carbocycles. The van der Waals surface area contributed by atoms with Crippen LogP contribution in [0.5, 0.6) is 0 Å². The van der Waals surface area contributed by atoms with E-state index in [1.54, 1.807) is 22.7 Å². The number of benzene rings is 8. The predicted molar refractivity (Wildman–Crippen MR) is 223 cm³/mol. The van der Waals surface area contributed by atoms with Crippen molar-refractivity contribution in [3.8, 4) is 43.4 Å². The summed E-state index contributed by atoms with van der Waals surface area (Å²) in [5, 5.41) is 6.39. The molecule has 252 valence electrons. The minimum absolute atomic E-state index is 0.133. The van der Waals surface area contributed by atoms with E-state index in [4.69, 9.17) is 9.97 Å². The van der Waals surface area contributed by atoms with E-state index in [-0.39, 0.29) is 11.6 Å². The number of carbonyl (C=O) groups is 2. The fraction of sp³-hybridized carbons (Fsp3) is 0. The lowest BCUT2D eigenvalue weighted by Crippen LogP contribution is -2.21. The molecule has 4 nitrogen and oxygen atoms in total. The number of rotatable bonds is 4. The second-order valence-corrected chi connectivity index (χ2v) is 15.7. The number of ketones is 2. The second kappa shape index (κ2) is 12.0. The Bertz CT molecular complexity index is 2940. The molecule has 0 aliphatic heterocycles. The first-order valence-corrected chi connectivity index (χ1v) is 19.3. The molecular weight excluding hydrogens is 701 g/mol. The molecule has 0 spiro atoms. The fourth-order valence-corrected chi connectivity index (χ4v) is 9.79. The van der Waals surface area contributed by atoms with Gasteiger partial charge in [-0.05, 0) is 104 Å². The van der Waals surface area contributed by atoms with Crippen molar-refractivity contribution in [1.29, 1.82) is 0 Å². The van der Waals surface area contributed by atoms with Crippen LogP contribution in [-0.4, -0.2) is 21.5 Å².